The van der Waals surface area contributed by atoms with Gasteiger partial charge in [-0.3, -0.25) is 0 Å². The Kier molecular flexibility index (Phi) is 3.62. The Balaban J connectivity index is 2.61. The highest BCUT2D eigenvalue weighted by atomic mass is 79.9. The molecule has 0 aliphatic heterocycles. The van der Waals surface area contributed by atoms with Gasteiger partial charge in [0.25, 0.3) is 0 Å². The molecule has 5 heteroatoms. The van der Waals surface area contributed by atoms with Crippen LogP contribution >= 0.6 is 15.9 Å². The van der Waals surface area contributed by atoms with E-state index in [0.29, 0.717) is 11.0 Å². The predicted molar refractivity (Wildman–Crippen MR) is 72.3 cm³/mol. The standard InChI is InChI=1S/C13H9BrO4/c14-5-1-2-8-3-4-11-9(6-8)7-10(12(15)16)13(17)18-11/h1-4,6-7H,5H2,(H,15,16). The zero-order valence-electron chi connectivity index (χ0n) is 9.22. The van der Waals surface area contributed by atoms with Crippen LogP contribution in [0.4, 0.5) is 0 Å². The van der Waals surface area contributed by atoms with Crippen molar-refractivity contribution in [2.45, 2.75) is 0 Å². The number of halogens is 1. The van der Waals surface area contributed by atoms with Gasteiger partial charge in [-0.05, 0) is 23.8 Å². The van der Waals surface area contributed by atoms with Gasteiger partial charge in [-0.15, -0.1) is 0 Å². The third-order valence-corrected chi connectivity index (χ3v) is 2.76. The Bertz CT molecular complexity index is 685. The number of carboxylic acid groups (broad SMARTS) is 1. The molecule has 4 nitrogen and oxygen atoms in total. The van der Waals surface area contributed by atoms with E-state index in [2.05, 4.69) is 15.9 Å². The largest absolute Gasteiger partial charge is 0.477 e. The van der Waals surface area contributed by atoms with Gasteiger partial charge in [0.15, 0.2) is 0 Å². The summed E-state index contributed by atoms with van der Waals surface area (Å²) >= 11 is 3.27. The first kappa shape index (κ1) is 12.6. The average Bonchev–Trinajstić information content (AvgIpc) is 2.35. The average molecular weight is 309 g/mol. The summed E-state index contributed by atoms with van der Waals surface area (Å²) in [6, 6.07) is 6.54. The van der Waals surface area contributed by atoms with Crippen LogP contribution in [-0.2, 0) is 0 Å². The van der Waals surface area contributed by atoms with Gasteiger partial charge < -0.3 is 9.52 Å². The summed E-state index contributed by atoms with van der Waals surface area (Å²) in [5.41, 5.74) is 0.0935. The van der Waals surface area contributed by atoms with Crippen LogP contribution in [0, 0.1) is 0 Å². The van der Waals surface area contributed by atoms with Crippen molar-refractivity contribution in [2.75, 3.05) is 5.33 Å². The van der Waals surface area contributed by atoms with Crippen LogP contribution in [0.5, 0.6) is 0 Å². The summed E-state index contributed by atoms with van der Waals surface area (Å²) in [5.74, 6) is -1.29. The van der Waals surface area contributed by atoms with Crippen molar-refractivity contribution in [2.24, 2.45) is 0 Å². The highest BCUT2D eigenvalue weighted by Crippen LogP contribution is 2.16. The molecule has 0 aliphatic rings. The number of fused-ring (bicyclic) bond motifs is 1. The minimum atomic E-state index is -1.29. The molecule has 0 radical (unpaired) electrons. The van der Waals surface area contributed by atoms with Crippen LogP contribution in [0.2, 0.25) is 0 Å². The second-order valence-electron chi connectivity index (χ2n) is 3.61. The quantitative estimate of drug-likeness (QED) is 0.699. The van der Waals surface area contributed by atoms with Crippen LogP contribution in [0.25, 0.3) is 17.0 Å². The highest BCUT2D eigenvalue weighted by Gasteiger charge is 2.11. The zero-order chi connectivity index (χ0) is 13.1. The van der Waals surface area contributed by atoms with Crippen molar-refractivity contribution >= 4 is 38.9 Å². The van der Waals surface area contributed by atoms with E-state index in [4.69, 9.17) is 9.52 Å². The SMILES string of the molecule is O=C(O)c1cc2cc(C=CCBr)ccc2oc1=O. The summed E-state index contributed by atoms with van der Waals surface area (Å²) < 4.78 is 4.94. The van der Waals surface area contributed by atoms with Crippen LogP contribution in [0.1, 0.15) is 15.9 Å². The first-order chi connectivity index (χ1) is 8.61. The van der Waals surface area contributed by atoms with Crippen molar-refractivity contribution < 1.29 is 14.3 Å². The molecule has 1 heterocycles. The van der Waals surface area contributed by atoms with E-state index in [9.17, 15) is 9.59 Å². The lowest BCUT2D eigenvalue weighted by molar-refractivity contribution is 0.0692. The topological polar surface area (TPSA) is 67.5 Å². The number of carboxylic acids is 1. The van der Waals surface area contributed by atoms with Crippen LogP contribution in [0.3, 0.4) is 0 Å². The number of carbonyl (C=O) groups is 1. The molecule has 0 amide bonds. The smallest absolute Gasteiger partial charge is 0.351 e. The van der Waals surface area contributed by atoms with E-state index in [1.165, 1.54) is 6.07 Å². The second-order valence-corrected chi connectivity index (χ2v) is 4.25. The third-order valence-electron chi connectivity index (χ3n) is 2.39. The van der Waals surface area contributed by atoms with Crippen LogP contribution in [0.15, 0.2) is 39.6 Å². The van der Waals surface area contributed by atoms with Crippen molar-refractivity contribution in [1.82, 2.24) is 0 Å². The fraction of sp³-hybridized carbons (Fsp3) is 0.0769. The van der Waals surface area contributed by atoms with Crippen LogP contribution < -0.4 is 5.63 Å². The third kappa shape index (κ3) is 2.51. The number of hydrogen-bond donors (Lipinski definition) is 1. The van der Waals surface area contributed by atoms with Gasteiger partial charge in [0.1, 0.15) is 11.1 Å². The van der Waals surface area contributed by atoms with E-state index in [0.717, 1.165) is 10.9 Å². The molecule has 2 aromatic rings. The normalized spacial score (nSPS) is 11.2. The lowest BCUT2D eigenvalue weighted by Gasteiger charge is -2.00. The summed E-state index contributed by atoms with van der Waals surface area (Å²) in [6.07, 6.45) is 3.80. The molecule has 0 spiro atoms. The molecule has 0 saturated carbocycles. The van der Waals surface area contributed by atoms with Gasteiger partial charge in [0.2, 0.25) is 0 Å². The molecular weight excluding hydrogens is 300 g/mol. The first-order valence-corrected chi connectivity index (χ1v) is 6.27. The molecule has 0 fully saturated rings. The Morgan fingerprint density at radius 1 is 1.39 bits per heavy atom. The molecule has 0 unspecified atom stereocenters. The van der Waals surface area contributed by atoms with Crippen molar-refractivity contribution in [1.29, 1.82) is 0 Å². The minimum absolute atomic E-state index is 0.357. The molecule has 0 atom stereocenters. The van der Waals surface area contributed by atoms with Crippen molar-refractivity contribution in [3.63, 3.8) is 0 Å². The van der Waals surface area contributed by atoms with Gasteiger partial charge in [-0.2, -0.15) is 0 Å². The maximum atomic E-state index is 11.4. The minimum Gasteiger partial charge on any atom is -0.477 e. The highest BCUT2D eigenvalue weighted by molar-refractivity contribution is 9.09. The molecule has 1 aromatic carbocycles. The van der Waals surface area contributed by atoms with Gasteiger partial charge in [-0.1, -0.05) is 34.1 Å². The Morgan fingerprint density at radius 2 is 2.17 bits per heavy atom. The van der Waals surface area contributed by atoms with Gasteiger partial charge >= 0.3 is 11.6 Å². The molecule has 0 bridgehead atoms. The lowest BCUT2D eigenvalue weighted by atomic mass is 10.1. The van der Waals surface area contributed by atoms with E-state index in [1.807, 2.05) is 12.2 Å². The number of rotatable bonds is 3. The molecule has 18 heavy (non-hydrogen) atoms. The van der Waals surface area contributed by atoms with E-state index >= 15 is 0 Å². The molecular formula is C13H9BrO4. The van der Waals surface area contributed by atoms with E-state index in [-0.39, 0.29) is 5.56 Å². The predicted octanol–water partition coefficient (Wildman–Crippen LogP) is 2.90. The van der Waals surface area contributed by atoms with Gasteiger partial charge in [0, 0.05) is 10.7 Å². The molecule has 0 aliphatic carbocycles. The number of benzene rings is 1. The molecule has 92 valence electrons. The fourth-order valence-corrected chi connectivity index (χ4v) is 1.76. The summed E-state index contributed by atoms with van der Waals surface area (Å²) in [6.45, 7) is 0. The molecule has 2 rings (SSSR count). The number of aromatic carboxylic acids is 1. The molecule has 1 aromatic heterocycles. The van der Waals surface area contributed by atoms with Crippen molar-refractivity contribution in [3.05, 3.63) is 51.9 Å². The zero-order valence-corrected chi connectivity index (χ0v) is 10.8. The number of hydrogen-bond acceptors (Lipinski definition) is 3. The monoisotopic (exact) mass is 308 g/mol. The Labute approximate surface area is 111 Å². The molecule has 1 N–H and O–H groups in total. The lowest BCUT2D eigenvalue weighted by Crippen LogP contribution is -2.12. The molecule has 0 saturated heterocycles. The van der Waals surface area contributed by atoms with Crippen LogP contribution in [-0.4, -0.2) is 16.4 Å². The number of alkyl halides is 1. The van der Waals surface area contributed by atoms with E-state index < -0.39 is 11.6 Å². The maximum absolute atomic E-state index is 11.4. The first-order valence-electron chi connectivity index (χ1n) is 5.15. The summed E-state index contributed by atoms with van der Waals surface area (Å²) in [4.78, 5) is 22.2. The summed E-state index contributed by atoms with van der Waals surface area (Å²) in [7, 11) is 0. The van der Waals surface area contributed by atoms with Gasteiger partial charge in [0.05, 0.1) is 0 Å². The van der Waals surface area contributed by atoms with E-state index in [1.54, 1.807) is 18.2 Å². The maximum Gasteiger partial charge on any atom is 0.351 e. The number of allylic oxidation sites excluding steroid dienone is 1. The fourth-order valence-electron chi connectivity index (χ4n) is 1.58. The summed E-state index contributed by atoms with van der Waals surface area (Å²) in [5, 5.41) is 10.2. The van der Waals surface area contributed by atoms with Gasteiger partial charge in [-0.25, -0.2) is 9.59 Å². The Hall–Kier alpha value is -1.88. The second kappa shape index (κ2) is 5.18. The Morgan fingerprint density at radius 3 is 2.83 bits per heavy atom. The van der Waals surface area contributed by atoms with Crippen molar-refractivity contribution in [3.8, 4) is 0 Å².